The first-order valence-corrected chi connectivity index (χ1v) is 11.7. The van der Waals surface area contributed by atoms with E-state index in [1.165, 1.54) is 12.1 Å². The van der Waals surface area contributed by atoms with Gasteiger partial charge in [-0.1, -0.05) is 41.5 Å². The molecule has 0 bridgehead atoms. The predicted molar refractivity (Wildman–Crippen MR) is 129 cm³/mol. The Kier molecular flexibility index (Phi) is 10.1. The lowest BCUT2D eigenvalue weighted by molar-refractivity contribution is -0.154. The Bertz CT molecular complexity index is 741. The van der Waals surface area contributed by atoms with E-state index in [-0.39, 0.29) is 39.8 Å². The van der Waals surface area contributed by atoms with Crippen LogP contribution in [0.4, 0.5) is 0 Å². The zero-order valence-corrected chi connectivity index (χ0v) is 22.3. The highest BCUT2D eigenvalue weighted by Crippen LogP contribution is 2.48. The Morgan fingerprint density at radius 2 is 1.30 bits per heavy atom. The maximum absolute atomic E-state index is 13.5. The third-order valence-electron chi connectivity index (χ3n) is 5.60. The van der Waals surface area contributed by atoms with Gasteiger partial charge in [-0.15, -0.1) is 0 Å². The lowest BCUT2D eigenvalue weighted by Gasteiger charge is -2.43. The highest BCUT2D eigenvalue weighted by Gasteiger charge is 2.48. The fourth-order valence-electron chi connectivity index (χ4n) is 3.62. The van der Waals surface area contributed by atoms with Crippen molar-refractivity contribution in [2.45, 2.75) is 95.2 Å². The second kappa shape index (κ2) is 11.4. The molecule has 1 aromatic rings. The van der Waals surface area contributed by atoms with E-state index in [1.54, 1.807) is 13.8 Å². The van der Waals surface area contributed by atoms with Gasteiger partial charge in [-0.05, 0) is 51.9 Å². The predicted octanol–water partition coefficient (Wildman–Crippen LogP) is 6.31. The van der Waals surface area contributed by atoms with E-state index in [0.29, 0.717) is 19.6 Å². The van der Waals surface area contributed by atoms with E-state index in [9.17, 15) is 9.90 Å². The number of rotatable bonds is 11. The molecule has 7 heteroatoms. The minimum Gasteiger partial charge on any atom is -0.502 e. The smallest absolute Gasteiger partial charge is 0.317 e. The van der Waals surface area contributed by atoms with Gasteiger partial charge in [-0.3, -0.25) is 4.79 Å². The minimum absolute atomic E-state index is 0.0849. The molecule has 0 aliphatic carbocycles. The lowest BCUT2D eigenvalue weighted by atomic mass is 9.61. The van der Waals surface area contributed by atoms with Crippen LogP contribution in [0.2, 0.25) is 0 Å². The summed E-state index contributed by atoms with van der Waals surface area (Å²) in [6, 6.07) is 2.95. The van der Waals surface area contributed by atoms with Crippen molar-refractivity contribution in [3.63, 3.8) is 0 Å². The van der Waals surface area contributed by atoms with Crippen LogP contribution in [0, 0.1) is 16.2 Å². The quantitative estimate of drug-likeness (QED) is 0.231. The summed E-state index contributed by atoms with van der Waals surface area (Å²) in [7, 11) is 0. The monoisotopic (exact) mass is 468 g/mol. The summed E-state index contributed by atoms with van der Waals surface area (Å²) in [5.41, 5.74) is -1.19. The van der Waals surface area contributed by atoms with Crippen molar-refractivity contribution >= 4 is 5.97 Å². The van der Waals surface area contributed by atoms with Crippen LogP contribution in [0.1, 0.15) is 82.6 Å². The topological polar surface area (TPSA) is 83.5 Å². The van der Waals surface area contributed by atoms with E-state index in [0.717, 1.165) is 0 Å². The minimum atomic E-state index is -0.762. The number of phenols is 1. The molecule has 0 fully saturated rings. The molecule has 0 aromatic heterocycles. The number of aromatic hydroxyl groups is 1. The molecule has 0 saturated carbocycles. The molecule has 33 heavy (non-hydrogen) atoms. The van der Waals surface area contributed by atoms with E-state index in [2.05, 4.69) is 20.8 Å². The van der Waals surface area contributed by atoms with Crippen molar-refractivity contribution < 1.29 is 33.6 Å². The van der Waals surface area contributed by atoms with Gasteiger partial charge in [-0.25, -0.2) is 0 Å². The average molecular weight is 469 g/mol. The summed E-state index contributed by atoms with van der Waals surface area (Å²) in [6.07, 6.45) is -0.606. The van der Waals surface area contributed by atoms with Crippen LogP contribution in [0.5, 0.6) is 23.0 Å². The SMILES string of the molecule is CCOC(C)Oc1cc(OC(=O)C(C)(CC(C)(C)C)C(C)(C)C)cc(OC(C)OCC)c1O. The Balaban J connectivity index is 3.39. The van der Waals surface area contributed by atoms with Gasteiger partial charge in [0, 0.05) is 25.3 Å². The second-order valence-corrected chi connectivity index (χ2v) is 10.8. The molecule has 1 aromatic carbocycles. The lowest BCUT2D eigenvalue weighted by Crippen LogP contribution is -2.45. The molecular formula is C26H44O7. The molecule has 0 aliphatic rings. The van der Waals surface area contributed by atoms with Crippen LogP contribution in [-0.4, -0.2) is 36.9 Å². The summed E-state index contributed by atoms with van der Waals surface area (Å²) < 4.78 is 28.2. The molecule has 0 amide bonds. The highest BCUT2D eigenvalue weighted by atomic mass is 16.7. The van der Waals surface area contributed by atoms with Crippen LogP contribution < -0.4 is 14.2 Å². The zero-order valence-electron chi connectivity index (χ0n) is 22.3. The number of benzene rings is 1. The number of hydrogen-bond donors (Lipinski definition) is 1. The fourth-order valence-corrected chi connectivity index (χ4v) is 3.62. The van der Waals surface area contributed by atoms with Crippen LogP contribution >= 0.6 is 0 Å². The van der Waals surface area contributed by atoms with Gasteiger partial charge < -0.3 is 28.8 Å². The number of hydrogen-bond acceptors (Lipinski definition) is 7. The third-order valence-corrected chi connectivity index (χ3v) is 5.60. The van der Waals surface area contributed by atoms with E-state index >= 15 is 0 Å². The average Bonchev–Trinajstić information content (AvgIpc) is 2.63. The van der Waals surface area contributed by atoms with Gasteiger partial charge in [0.1, 0.15) is 5.75 Å². The van der Waals surface area contributed by atoms with Gasteiger partial charge in [0.15, 0.2) is 24.1 Å². The molecular weight excluding hydrogens is 424 g/mol. The first kappa shape index (κ1) is 29.0. The van der Waals surface area contributed by atoms with Crippen LogP contribution in [0.15, 0.2) is 12.1 Å². The second-order valence-electron chi connectivity index (χ2n) is 10.8. The van der Waals surface area contributed by atoms with Gasteiger partial charge in [0.05, 0.1) is 5.41 Å². The summed E-state index contributed by atoms with van der Waals surface area (Å²) in [4.78, 5) is 13.5. The van der Waals surface area contributed by atoms with Gasteiger partial charge in [0.2, 0.25) is 5.75 Å². The largest absolute Gasteiger partial charge is 0.502 e. The van der Waals surface area contributed by atoms with Crippen molar-refractivity contribution in [2.24, 2.45) is 16.2 Å². The summed E-state index contributed by atoms with van der Waals surface area (Å²) in [5, 5.41) is 10.7. The Morgan fingerprint density at radius 1 is 0.879 bits per heavy atom. The van der Waals surface area contributed by atoms with Gasteiger partial charge >= 0.3 is 5.97 Å². The highest BCUT2D eigenvalue weighted by molar-refractivity contribution is 5.80. The number of carbonyl (C=O) groups excluding carboxylic acids is 1. The van der Waals surface area contributed by atoms with Crippen molar-refractivity contribution in [1.82, 2.24) is 0 Å². The maximum Gasteiger partial charge on any atom is 0.317 e. The molecule has 0 spiro atoms. The normalized spacial score (nSPS) is 16.0. The Labute approximate surface area is 199 Å². The third kappa shape index (κ3) is 8.38. The molecule has 7 nitrogen and oxygen atoms in total. The van der Waals surface area contributed by atoms with Gasteiger partial charge in [-0.2, -0.15) is 0 Å². The van der Waals surface area contributed by atoms with Crippen LogP contribution in [0.25, 0.3) is 0 Å². The van der Waals surface area contributed by atoms with Crippen LogP contribution in [-0.2, 0) is 14.3 Å². The summed E-state index contributed by atoms with van der Waals surface area (Å²) in [5.74, 6) is -0.189. The number of ether oxygens (including phenoxy) is 5. The molecule has 0 saturated heterocycles. The molecule has 0 radical (unpaired) electrons. The van der Waals surface area contributed by atoms with E-state index in [1.807, 2.05) is 41.5 Å². The summed E-state index contributed by atoms with van der Waals surface area (Å²) in [6.45, 7) is 22.4. The van der Waals surface area contributed by atoms with E-state index < -0.39 is 18.0 Å². The van der Waals surface area contributed by atoms with Crippen molar-refractivity contribution in [1.29, 1.82) is 0 Å². The molecule has 1 N–H and O–H groups in total. The molecule has 0 heterocycles. The van der Waals surface area contributed by atoms with Crippen molar-refractivity contribution in [3.8, 4) is 23.0 Å². The fraction of sp³-hybridized carbons (Fsp3) is 0.731. The first-order valence-electron chi connectivity index (χ1n) is 11.7. The number of phenolic OH excluding ortho intramolecular Hbond substituents is 1. The molecule has 190 valence electrons. The maximum atomic E-state index is 13.5. The first-order chi connectivity index (χ1) is 15.0. The number of carbonyl (C=O) groups is 1. The number of esters is 1. The van der Waals surface area contributed by atoms with E-state index in [4.69, 9.17) is 23.7 Å². The molecule has 0 aliphatic heterocycles. The molecule has 3 atom stereocenters. The van der Waals surface area contributed by atoms with Crippen LogP contribution in [0.3, 0.4) is 0 Å². The molecule has 3 unspecified atom stereocenters. The molecule has 1 rings (SSSR count). The Hall–Kier alpha value is -1.99. The zero-order chi connectivity index (χ0) is 25.6. The Morgan fingerprint density at radius 3 is 1.64 bits per heavy atom. The van der Waals surface area contributed by atoms with Crippen molar-refractivity contribution in [2.75, 3.05) is 13.2 Å². The van der Waals surface area contributed by atoms with Gasteiger partial charge in [0.25, 0.3) is 0 Å². The standard InChI is InChI=1S/C26H44O7/c1-12-29-17(3)31-20-14-19(15-21(22(20)27)32-18(4)30-13-2)33-23(28)26(11,25(8,9)10)16-24(5,6)7/h14-15,17-18,27H,12-13,16H2,1-11H3. The summed E-state index contributed by atoms with van der Waals surface area (Å²) >= 11 is 0. The van der Waals surface area contributed by atoms with Crippen molar-refractivity contribution in [3.05, 3.63) is 12.1 Å².